The molecule has 3 heteroatoms. The first-order valence-corrected chi connectivity index (χ1v) is 4.72. The molecule has 0 saturated heterocycles. The molecule has 0 radical (unpaired) electrons. The molecule has 3 nitrogen and oxygen atoms in total. The third-order valence-corrected chi connectivity index (χ3v) is 2.24. The number of hydrogen-bond acceptors (Lipinski definition) is 3. The van der Waals surface area contributed by atoms with E-state index in [1.54, 1.807) is 18.2 Å². The monoisotopic (exact) mass is 203 g/mol. The van der Waals surface area contributed by atoms with Crippen molar-refractivity contribution in [2.24, 2.45) is 0 Å². The summed E-state index contributed by atoms with van der Waals surface area (Å²) in [5, 5.41) is 8.58. The van der Waals surface area contributed by atoms with Crippen molar-refractivity contribution < 1.29 is 9.53 Å². The summed E-state index contributed by atoms with van der Waals surface area (Å²) in [6, 6.07) is 6.94. The Kier molecular flexibility index (Phi) is 3.46. The Balaban J connectivity index is 3.26. The lowest BCUT2D eigenvalue weighted by Gasteiger charge is -2.09. The van der Waals surface area contributed by atoms with E-state index in [1.807, 2.05) is 19.9 Å². The Morgan fingerprint density at radius 1 is 1.47 bits per heavy atom. The summed E-state index contributed by atoms with van der Waals surface area (Å²) in [6.45, 7) is 4.06. The molecule has 0 unspecified atom stereocenters. The normalized spacial score (nSPS) is 9.80. The van der Waals surface area contributed by atoms with Crippen molar-refractivity contribution in [3.8, 4) is 11.8 Å². The van der Waals surface area contributed by atoms with E-state index in [9.17, 15) is 4.79 Å². The van der Waals surface area contributed by atoms with Gasteiger partial charge in [-0.3, -0.25) is 4.79 Å². The van der Waals surface area contributed by atoms with Gasteiger partial charge >= 0.3 is 0 Å². The minimum atomic E-state index is -0.561. The Morgan fingerprint density at radius 2 is 2.13 bits per heavy atom. The molecule has 0 saturated carbocycles. The molecule has 0 aliphatic rings. The summed E-state index contributed by atoms with van der Waals surface area (Å²) in [4.78, 5) is 11.3. The average molecular weight is 203 g/mol. The number of carbonyl (C=O) groups is 1. The maximum Gasteiger partial charge on any atom is 0.265 e. The molecule has 0 fully saturated rings. The van der Waals surface area contributed by atoms with Gasteiger partial charge in [0.1, 0.15) is 11.8 Å². The lowest BCUT2D eigenvalue weighted by atomic mass is 9.99. The molecule has 0 bridgehead atoms. The van der Waals surface area contributed by atoms with Crippen LogP contribution in [0.4, 0.5) is 0 Å². The van der Waals surface area contributed by atoms with Crippen LogP contribution >= 0.6 is 0 Å². The van der Waals surface area contributed by atoms with Crippen LogP contribution in [0.1, 0.15) is 35.7 Å². The van der Waals surface area contributed by atoms with Crippen molar-refractivity contribution in [1.29, 1.82) is 5.26 Å². The van der Waals surface area contributed by atoms with E-state index in [0.29, 0.717) is 17.2 Å². The third-order valence-electron chi connectivity index (χ3n) is 2.24. The number of nitriles is 1. The molecular weight excluding hydrogens is 190 g/mol. The minimum Gasteiger partial charge on any atom is -0.496 e. The fourth-order valence-electron chi connectivity index (χ4n) is 1.32. The van der Waals surface area contributed by atoms with E-state index in [0.717, 1.165) is 5.56 Å². The van der Waals surface area contributed by atoms with Crippen LogP contribution in [0.3, 0.4) is 0 Å². The molecule has 15 heavy (non-hydrogen) atoms. The number of ether oxygens (including phenoxy) is 1. The van der Waals surface area contributed by atoms with Crippen LogP contribution in [0.25, 0.3) is 0 Å². The second-order valence-corrected chi connectivity index (χ2v) is 3.56. The third kappa shape index (κ3) is 2.35. The van der Waals surface area contributed by atoms with Crippen molar-refractivity contribution in [2.45, 2.75) is 19.8 Å². The van der Waals surface area contributed by atoms with Crippen LogP contribution in [-0.4, -0.2) is 12.9 Å². The number of rotatable bonds is 3. The molecule has 78 valence electrons. The second kappa shape index (κ2) is 4.61. The van der Waals surface area contributed by atoms with Crippen LogP contribution in [0.2, 0.25) is 0 Å². The van der Waals surface area contributed by atoms with Crippen molar-refractivity contribution >= 4 is 5.78 Å². The summed E-state index contributed by atoms with van der Waals surface area (Å²) in [6.07, 6.45) is 0. The number of carbonyl (C=O) groups excluding carboxylic acids is 1. The van der Waals surface area contributed by atoms with Gasteiger partial charge < -0.3 is 4.74 Å². The topological polar surface area (TPSA) is 50.1 Å². The van der Waals surface area contributed by atoms with E-state index in [-0.39, 0.29) is 0 Å². The van der Waals surface area contributed by atoms with Gasteiger partial charge in [-0.25, -0.2) is 0 Å². The number of methoxy groups -OCH3 is 1. The van der Waals surface area contributed by atoms with Crippen LogP contribution in [0.5, 0.6) is 5.75 Å². The molecule has 0 aliphatic carbocycles. The van der Waals surface area contributed by atoms with Gasteiger partial charge in [0.2, 0.25) is 0 Å². The highest BCUT2D eigenvalue weighted by atomic mass is 16.5. The van der Waals surface area contributed by atoms with Crippen LogP contribution in [0.15, 0.2) is 18.2 Å². The molecule has 0 amide bonds. The molecule has 1 rings (SSSR count). The highest BCUT2D eigenvalue weighted by molar-refractivity contribution is 6.09. The van der Waals surface area contributed by atoms with Crippen molar-refractivity contribution in [2.75, 3.05) is 7.11 Å². The van der Waals surface area contributed by atoms with E-state index >= 15 is 0 Å². The predicted octanol–water partition coefficient (Wildman–Crippen LogP) is 2.52. The highest BCUT2D eigenvalue weighted by Gasteiger charge is 2.13. The van der Waals surface area contributed by atoms with E-state index in [1.165, 1.54) is 7.11 Å². The fraction of sp³-hybridized carbons (Fsp3) is 0.333. The Morgan fingerprint density at radius 3 is 2.60 bits per heavy atom. The van der Waals surface area contributed by atoms with E-state index < -0.39 is 5.78 Å². The highest BCUT2D eigenvalue weighted by Crippen LogP contribution is 2.24. The Hall–Kier alpha value is -1.82. The predicted molar refractivity (Wildman–Crippen MR) is 57.0 cm³/mol. The molecule has 0 aromatic heterocycles. The molecule has 0 aliphatic heterocycles. The zero-order chi connectivity index (χ0) is 11.4. The SMILES string of the molecule is COc1ccc(C(C)C)cc1C(=O)C#N. The van der Waals surface area contributed by atoms with Crippen LogP contribution in [0, 0.1) is 11.3 Å². The molecule has 0 atom stereocenters. The quantitative estimate of drug-likeness (QED) is 0.560. The van der Waals surface area contributed by atoms with Gasteiger partial charge in [0.25, 0.3) is 5.78 Å². The first-order valence-electron chi connectivity index (χ1n) is 4.72. The van der Waals surface area contributed by atoms with Gasteiger partial charge in [0, 0.05) is 0 Å². The van der Waals surface area contributed by atoms with Crippen molar-refractivity contribution in [3.63, 3.8) is 0 Å². The van der Waals surface area contributed by atoms with Crippen molar-refractivity contribution in [1.82, 2.24) is 0 Å². The number of benzene rings is 1. The smallest absolute Gasteiger partial charge is 0.265 e. The summed E-state index contributed by atoms with van der Waals surface area (Å²) < 4.78 is 5.03. The van der Waals surface area contributed by atoms with Gasteiger partial charge in [-0.05, 0) is 23.6 Å². The number of Topliss-reactive ketones (excluding diaryl/α,β-unsaturated/α-hetero) is 1. The summed E-state index contributed by atoms with van der Waals surface area (Å²) in [7, 11) is 1.48. The molecule has 0 spiro atoms. The average Bonchev–Trinajstić information content (AvgIpc) is 2.27. The van der Waals surface area contributed by atoms with Crippen LogP contribution in [-0.2, 0) is 0 Å². The molecule has 0 N–H and O–H groups in total. The maximum atomic E-state index is 11.3. The molecular formula is C12H13NO2. The number of ketones is 1. The molecule has 1 aromatic carbocycles. The summed E-state index contributed by atoms with van der Waals surface area (Å²) in [5.74, 6) is 0.210. The van der Waals surface area contributed by atoms with Crippen molar-refractivity contribution in [3.05, 3.63) is 29.3 Å². The Labute approximate surface area is 89.3 Å². The second-order valence-electron chi connectivity index (χ2n) is 3.56. The minimum absolute atomic E-state index is 0.321. The summed E-state index contributed by atoms with van der Waals surface area (Å²) >= 11 is 0. The molecule has 1 aromatic rings. The number of nitrogens with zero attached hydrogens (tertiary/aromatic N) is 1. The largest absolute Gasteiger partial charge is 0.496 e. The van der Waals surface area contributed by atoms with E-state index in [4.69, 9.17) is 10.00 Å². The van der Waals surface area contributed by atoms with E-state index in [2.05, 4.69) is 0 Å². The lowest BCUT2D eigenvalue weighted by molar-refractivity contribution is 0.105. The zero-order valence-corrected chi connectivity index (χ0v) is 9.07. The number of hydrogen-bond donors (Lipinski definition) is 0. The first-order chi connectivity index (χ1) is 7.10. The summed E-state index contributed by atoms with van der Waals surface area (Å²) in [5.41, 5.74) is 1.36. The van der Waals surface area contributed by atoms with Gasteiger partial charge in [-0.15, -0.1) is 0 Å². The lowest BCUT2D eigenvalue weighted by Crippen LogP contribution is -2.01. The first kappa shape index (κ1) is 11.3. The van der Waals surface area contributed by atoms with Gasteiger partial charge in [-0.2, -0.15) is 5.26 Å². The van der Waals surface area contributed by atoms with Gasteiger partial charge in [0.15, 0.2) is 0 Å². The van der Waals surface area contributed by atoms with Gasteiger partial charge in [-0.1, -0.05) is 19.9 Å². The Bertz CT molecular complexity index is 416. The molecule has 0 heterocycles. The van der Waals surface area contributed by atoms with Crippen LogP contribution < -0.4 is 4.74 Å². The fourth-order valence-corrected chi connectivity index (χ4v) is 1.32. The zero-order valence-electron chi connectivity index (χ0n) is 9.07. The van der Waals surface area contributed by atoms with Gasteiger partial charge in [0.05, 0.1) is 12.7 Å². The maximum absolute atomic E-state index is 11.3. The standard InChI is InChI=1S/C12H13NO2/c1-8(2)9-4-5-12(15-3)10(6-9)11(14)7-13/h4-6,8H,1-3H3.